The Labute approximate surface area is 111 Å². The van der Waals surface area contributed by atoms with Crippen LogP contribution in [0.4, 0.5) is 5.69 Å². The quantitative estimate of drug-likeness (QED) is 0.636. The lowest BCUT2D eigenvalue weighted by atomic mass is 10.1. The molecule has 98 valence electrons. The van der Waals surface area contributed by atoms with E-state index in [4.69, 9.17) is 5.11 Å². The van der Waals surface area contributed by atoms with Crippen molar-refractivity contribution >= 4 is 29.3 Å². The highest BCUT2D eigenvalue weighted by Gasteiger charge is 2.20. The zero-order chi connectivity index (χ0) is 13.7. The van der Waals surface area contributed by atoms with Gasteiger partial charge in [-0.3, -0.25) is 9.59 Å². The number of aliphatic carboxylic acids is 1. The molecule has 18 heavy (non-hydrogen) atoms. The SMILES string of the molecule is CC(C)Sc1ccc(NC(=O)C(C)C(=O)O)cc1. The molecule has 0 heterocycles. The van der Waals surface area contributed by atoms with Gasteiger partial charge in [-0.2, -0.15) is 0 Å². The minimum Gasteiger partial charge on any atom is -0.481 e. The molecule has 1 atom stereocenters. The third-order valence-corrected chi connectivity index (χ3v) is 3.27. The Morgan fingerprint density at radius 2 is 1.72 bits per heavy atom. The van der Waals surface area contributed by atoms with Crippen molar-refractivity contribution < 1.29 is 14.7 Å². The molecule has 0 spiro atoms. The molecule has 1 rings (SSSR count). The van der Waals surface area contributed by atoms with Crippen molar-refractivity contribution in [3.63, 3.8) is 0 Å². The molecule has 0 radical (unpaired) electrons. The number of thioether (sulfide) groups is 1. The predicted molar refractivity (Wildman–Crippen MR) is 72.9 cm³/mol. The maximum Gasteiger partial charge on any atom is 0.315 e. The van der Waals surface area contributed by atoms with Gasteiger partial charge in [-0.1, -0.05) is 13.8 Å². The molecule has 0 aromatic heterocycles. The summed E-state index contributed by atoms with van der Waals surface area (Å²) in [5.41, 5.74) is 0.612. The van der Waals surface area contributed by atoms with Crippen LogP contribution in [0, 0.1) is 5.92 Å². The first-order valence-corrected chi connectivity index (χ1v) is 6.58. The number of anilines is 1. The van der Waals surface area contributed by atoms with Crippen molar-refractivity contribution in [2.75, 3.05) is 5.32 Å². The van der Waals surface area contributed by atoms with Gasteiger partial charge in [0.15, 0.2) is 0 Å². The van der Waals surface area contributed by atoms with Gasteiger partial charge in [0.1, 0.15) is 5.92 Å². The van der Waals surface area contributed by atoms with Gasteiger partial charge in [-0.25, -0.2) is 0 Å². The van der Waals surface area contributed by atoms with Crippen LogP contribution in [0.2, 0.25) is 0 Å². The van der Waals surface area contributed by atoms with E-state index in [1.54, 1.807) is 23.9 Å². The van der Waals surface area contributed by atoms with Crippen molar-refractivity contribution in [3.05, 3.63) is 24.3 Å². The summed E-state index contributed by atoms with van der Waals surface area (Å²) in [4.78, 5) is 23.3. The maximum atomic E-state index is 11.5. The average molecular weight is 267 g/mol. The molecule has 0 fully saturated rings. The number of amides is 1. The van der Waals surface area contributed by atoms with Crippen molar-refractivity contribution in [1.29, 1.82) is 0 Å². The number of benzene rings is 1. The molecule has 0 bridgehead atoms. The Morgan fingerprint density at radius 1 is 1.17 bits per heavy atom. The van der Waals surface area contributed by atoms with Crippen molar-refractivity contribution in [2.45, 2.75) is 30.9 Å². The fourth-order valence-electron chi connectivity index (χ4n) is 1.25. The number of carbonyl (C=O) groups excluding carboxylic acids is 1. The first-order chi connectivity index (χ1) is 8.40. The lowest BCUT2D eigenvalue weighted by molar-refractivity contribution is -0.144. The Kier molecular flexibility index (Phi) is 5.22. The molecule has 4 nitrogen and oxygen atoms in total. The molecule has 1 aromatic carbocycles. The number of hydrogen-bond donors (Lipinski definition) is 2. The van der Waals surface area contributed by atoms with Crippen LogP contribution in [0.3, 0.4) is 0 Å². The molecule has 0 saturated carbocycles. The molecular weight excluding hydrogens is 250 g/mol. The third kappa shape index (κ3) is 4.41. The fraction of sp³-hybridized carbons (Fsp3) is 0.385. The molecule has 1 amide bonds. The summed E-state index contributed by atoms with van der Waals surface area (Å²) >= 11 is 1.73. The summed E-state index contributed by atoms with van der Waals surface area (Å²) in [5.74, 6) is -2.68. The molecule has 5 heteroatoms. The van der Waals surface area contributed by atoms with Crippen LogP contribution in [-0.4, -0.2) is 22.2 Å². The van der Waals surface area contributed by atoms with E-state index in [1.807, 2.05) is 12.1 Å². The minimum absolute atomic E-state index is 0.498. The normalized spacial score (nSPS) is 12.2. The number of rotatable bonds is 5. The number of carboxylic acid groups (broad SMARTS) is 1. The van der Waals surface area contributed by atoms with Gasteiger partial charge in [-0.15, -0.1) is 11.8 Å². The minimum atomic E-state index is -1.13. The van der Waals surface area contributed by atoms with E-state index in [1.165, 1.54) is 6.92 Å². The maximum absolute atomic E-state index is 11.5. The van der Waals surface area contributed by atoms with E-state index in [0.717, 1.165) is 4.90 Å². The summed E-state index contributed by atoms with van der Waals surface area (Å²) in [5, 5.41) is 11.8. The predicted octanol–water partition coefficient (Wildman–Crippen LogP) is 2.85. The van der Waals surface area contributed by atoms with E-state index in [2.05, 4.69) is 19.2 Å². The Balaban J connectivity index is 2.64. The van der Waals surface area contributed by atoms with E-state index >= 15 is 0 Å². The fourth-order valence-corrected chi connectivity index (χ4v) is 2.09. The number of carboxylic acids is 1. The van der Waals surface area contributed by atoms with Gasteiger partial charge in [0.2, 0.25) is 5.91 Å². The molecule has 1 aromatic rings. The summed E-state index contributed by atoms with van der Waals surface area (Å²) in [6, 6.07) is 7.37. The van der Waals surface area contributed by atoms with E-state index in [-0.39, 0.29) is 0 Å². The number of carbonyl (C=O) groups is 2. The summed E-state index contributed by atoms with van der Waals surface area (Å²) in [7, 11) is 0. The van der Waals surface area contributed by atoms with Gasteiger partial charge in [-0.05, 0) is 31.2 Å². The van der Waals surface area contributed by atoms with E-state index in [0.29, 0.717) is 10.9 Å². The molecule has 0 aliphatic heterocycles. The van der Waals surface area contributed by atoms with Crippen LogP contribution in [0.25, 0.3) is 0 Å². The van der Waals surface area contributed by atoms with Crippen LogP contribution < -0.4 is 5.32 Å². The van der Waals surface area contributed by atoms with Gasteiger partial charge < -0.3 is 10.4 Å². The standard InChI is InChI=1S/C13H17NO3S/c1-8(2)18-11-6-4-10(5-7-11)14-12(15)9(3)13(16)17/h4-9H,1-3H3,(H,14,15)(H,16,17). The first kappa shape index (κ1) is 14.6. The first-order valence-electron chi connectivity index (χ1n) is 5.70. The Hall–Kier alpha value is -1.49. The monoisotopic (exact) mass is 267 g/mol. The highest BCUT2D eigenvalue weighted by molar-refractivity contribution is 7.99. The lowest BCUT2D eigenvalue weighted by Crippen LogP contribution is -2.26. The molecular formula is C13H17NO3S. The zero-order valence-electron chi connectivity index (χ0n) is 10.6. The van der Waals surface area contributed by atoms with Crippen molar-refractivity contribution in [2.24, 2.45) is 5.92 Å². The van der Waals surface area contributed by atoms with E-state index in [9.17, 15) is 9.59 Å². The second-order valence-electron chi connectivity index (χ2n) is 4.24. The van der Waals surface area contributed by atoms with Crippen LogP contribution in [0.5, 0.6) is 0 Å². The summed E-state index contributed by atoms with van der Waals surface area (Å²) in [6.45, 7) is 5.57. The number of nitrogens with one attached hydrogen (secondary N) is 1. The van der Waals surface area contributed by atoms with Crippen molar-refractivity contribution in [1.82, 2.24) is 0 Å². The van der Waals surface area contributed by atoms with Crippen LogP contribution in [0.1, 0.15) is 20.8 Å². The van der Waals surface area contributed by atoms with Gasteiger partial charge in [0, 0.05) is 15.8 Å². The van der Waals surface area contributed by atoms with E-state index < -0.39 is 17.8 Å². The number of hydrogen-bond acceptors (Lipinski definition) is 3. The van der Waals surface area contributed by atoms with Crippen LogP contribution >= 0.6 is 11.8 Å². The van der Waals surface area contributed by atoms with Crippen molar-refractivity contribution in [3.8, 4) is 0 Å². The Bertz CT molecular complexity index is 428. The molecule has 1 unspecified atom stereocenters. The molecule has 2 N–H and O–H groups in total. The largest absolute Gasteiger partial charge is 0.481 e. The van der Waals surface area contributed by atoms with Crippen LogP contribution in [-0.2, 0) is 9.59 Å². The average Bonchev–Trinajstić information content (AvgIpc) is 2.29. The second-order valence-corrected chi connectivity index (χ2v) is 5.89. The smallest absolute Gasteiger partial charge is 0.315 e. The lowest BCUT2D eigenvalue weighted by Gasteiger charge is -2.09. The van der Waals surface area contributed by atoms with Gasteiger partial charge in [0.05, 0.1) is 0 Å². The topological polar surface area (TPSA) is 66.4 Å². The zero-order valence-corrected chi connectivity index (χ0v) is 11.5. The van der Waals surface area contributed by atoms with Gasteiger partial charge >= 0.3 is 5.97 Å². The summed E-state index contributed by atoms with van der Waals surface area (Å²) < 4.78 is 0. The Morgan fingerprint density at radius 3 is 2.17 bits per heavy atom. The molecule has 0 aliphatic carbocycles. The molecule has 0 aliphatic rings. The summed E-state index contributed by atoms with van der Waals surface area (Å²) in [6.07, 6.45) is 0. The highest BCUT2D eigenvalue weighted by atomic mass is 32.2. The van der Waals surface area contributed by atoms with Crippen LogP contribution in [0.15, 0.2) is 29.2 Å². The third-order valence-electron chi connectivity index (χ3n) is 2.26. The highest BCUT2D eigenvalue weighted by Crippen LogP contribution is 2.24. The molecule has 0 saturated heterocycles. The van der Waals surface area contributed by atoms with Gasteiger partial charge in [0.25, 0.3) is 0 Å². The second kappa shape index (κ2) is 6.44.